The highest BCUT2D eigenvalue weighted by Crippen LogP contribution is 2.08. The predicted molar refractivity (Wildman–Crippen MR) is 63.0 cm³/mol. The van der Waals surface area contributed by atoms with Gasteiger partial charge in [-0.2, -0.15) is 0 Å². The first-order valence-electron chi connectivity index (χ1n) is 5.24. The fraction of sp³-hybridized carbons (Fsp3) is 0.900. The lowest BCUT2D eigenvalue weighted by Gasteiger charge is -2.15. The van der Waals surface area contributed by atoms with Crippen LogP contribution in [-0.2, 0) is 19.4 Å². The molecule has 0 aromatic carbocycles. The molecule has 0 radical (unpaired) electrons. The Hall–Kier alpha value is -0.460. The van der Waals surface area contributed by atoms with Crippen molar-refractivity contribution in [1.29, 1.82) is 0 Å². The van der Waals surface area contributed by atoms with Crippen molar-refractivity contribution < 1.29 is 17.9 Å². The molecule has 2 atom stereocenters. The van der Waals surface area contributed by atoms with E-state index in [1.807, 2.05) is 0 Å². The summed E-state index contributed by atoms with van der Waals surface area (Å²) in [4.78, 5) is 11.7. The maximum absolute atomic E-state index is 11.7. The van der Waals surface area contributed by atoms with Gasteiger partial charge in [0.1, 0.15) is 9.84 Å². The topological polar surface area (TPSA) is 86.5 Å². The fourth-order valence-corrected chi connectivity index (χ4v) is 1.97. The van der Waals surface area contributed by atoms with E-state index in [0.717, 1.165) is 6.26 Å². The van der Waals surface area contributed by atoms with E-state index in [-0.39, 0.29) is 23.9 Å². The van der Waals surface area contributed by atoms with Gasteiger partial charge in [-0.05, 0) is 12.8 Å². The molecule has 96 valence electrons. The average Bonchev–Trinajstić information content (AvgIpc) is 2.20. The quantitative estimate of drug-likeness (QED) is 0.655. The van der Waals surface area contributed by atoms with Crippen molar-refractivity contribution in [3.8, 4) is 0 Å². The van der Waals surface area contributed by atoms with Gasteiger partial charge in [-0.15, -0.1) is 0 Å². The molecule has 0 aliphatic rings. The first-order valence-corrected chi connectivity index (χ1v) is 7.30. The summed E-state index contributed by atoms with van der Waals surface area (Å²) in [7, 11) is -1.48. The Balaban J connectivity index is 4.07. The third-order valence-electron chi connectivity index (χ3n) is 2.41. The van der Waals surface area contributed by atoms with E-state index in [1.54, 1.807) is 14.0 Å². The molecule has 0 bridgehead atoms. The molecule has 0 saturated heterocycles. The van der Waals surface area contributed by atoms with Gasteiger partial charge in [0.05, 0.1) is 11.8 Å². The van der Waals surface area contributed by atoms with Crippen LogP contribution in [0.5, 0.6) is 0 Å². The third kappa shape index (κ3) is 6.92. The molecule has 5 nitrogen and oxygen atoms in total. The Morgan fingerprint density at radius 2 is 1.94 bits per heavy atom. The normalized spacial score (nSPS) is 15.8. The molecule has 0 saturated carbocycles. The largest absolute Gasteiger partial charge is 0.385 e. The minimum atomic E-state index is -3.05. The van der Waals surface area contributed by atoms with E-state index in [0.29, 0.717) is 13.0 Å². The molecule has 0 amide bonds. The van der Waals surface area contributed by atoms with Crippen molar-refractivity contribution in [2.45, 2.75) is 25.8 Å². The molecule has 0 fully saturated rings. The second-order valence-corrected chi connectivity index (χ2v) is 6.37. The highest BCUT2D eigenvalue weighted by atomic mass is 32.2. The Labute approximate surface area is 97.3 Å². The van der Waals surface area contributed by atoms with E-state index in [1.165, 1.54) is 0 Å². The van der Waals surface area contributed by atoms with Gasteiger partial charge in [-0.1, -0.05) is 6.92 Å². The summed E-state index contributed by atoms with van der Waals surface area (Å²) < 4.78 is 26.7. The molecule has 16 heavy (non-hydrogen) atoms. The van der Waals surface area contributed by atoms with Gasteiger partial charge in [0.2, 0.25) is 0 Å². The van der Waals surface area contributed by atoms with Crippen molar-refractivity contribution in [3.63, 3.8) is 0 Å². The summed E-state index contributed by atoms with van der Waals surface area (Å²) in [6.07, 6.45) is 1.94. The van der Waals surface area contributed by atoms with Crippen molar-refractivity contribution >= 4 is 15.6 Å². The number of hydrogen-bond donors (Lipinski definition) is 1. The van der Waals surface area contributed by atoms with E-state index >= 15 is 0 Å². The van der Waals surface area contributed by atoms with Gasteiger partial charge < -0.3 is 10.5 Å². The van der Waals surface area contributed by atoms with Gasteiger partial charge in [0.25, 0.3) is 0 Å². The maximum Gasteiger partial charge on any atom is 0.152 e. The second-order valence-electron chi connectivity index (χ2n) is 4.11. The number of ether oxygens (including phenoxy) is 1. The van der Waals surface area contributed by atoms with Gasteiger partial charge in [-0.3, -0.25) is 4.79 Å². The molecule has 0 rings (SSSR count). The molecule has 0 aliphatic carbocycles. The van der Waals surface area contributed by atoms with E-state index in [9.17, 15) is 13.2 Å². The first kappa shape index (κ1) is 15.5. The minimum Gasteiger partial charge on any atom is -0.385 e. The smallest absolute Gasteiger partial charge is 0.152 e. The van der Waals surface area contributed by atoms with Gasteiger partial charge in [-0.25, -0.2) is 8.42 Å². The van der Waals surface area contributed by atoms with Crippen LogP contribution in [0.3, 0.4) is 0 Å². The Morgan fingerprint density at radius 3 is 2.38 bits per heavy atom. The van der Waals surface area contributed by atoms with E-state index < -0.39 is 15.9 Å². The van der Waals surface area contributed by atoms with Crippen LogP contribution in [0.2, 0.25) is 0 Å². The van der Waals surface area contributed by atoms with E-state index in [2.05, 4.69) is 0 Å². The molecule has 0 spiro atoms. The van der Waals surface area contributed by atoms with Crippen LogP contribution < -0.4 is 5.73 Å². The molecular formula is C10H21NO4S. The van der Waals surface area contributed by atoms with Crippen LogP contribution in [0.4, 0.5) is 0 Å². The molecule has 6 heteroatoms. The molecule has 0 aromatic rings. The summed E-state index contributed by atoms with van der Waals surface area (Å²) >= 11 is 0. The SMILES string of the molecule is COCCC(C)C(=O)C(N)CCS(C)(=O)=O. The predicted octanol–water partition coefficient (Wildman–Crippen LogP) is -0.00990. The number of ketones is 1. The molecule has 0 heterocycles. The molecule has 0 aliphatic heterocycles. The number of hydrogen-bond acceptors (Lipinski definition) is 5. The van der Waals surface area contributed by atoms with Gasteiger partial charge in [0, 0.05) is 25.9 Å². The van der Waals surface area contributed by atoms with Crippen molar-refractivity contribution in [1.82, 2.24) is 0 Å². The number of sulfone groups is 1. The number of carbonyl (C=O) groups is 1. The summed E-state index contributed by atoms with van der Waals surface area (Å²) in [5.74, 6) is -0.327. The highest BCUT2D eigenvalue weighted by Gasteiger charge is 2.21. The summed E-state index contributed by atoms with van der Waals surface area (Å²) in [6, 6.07) is -0.693. The number of methoxy groups -OCH3 is 1. The molecule has 2 N–H and O–H groups in total. The lowest BCUT2D eigenvalue weighted by atomic mass is 9.96. The van der Waals surface area contributed by atoms with Crippen LogP contribution in [0.1, 0.15) is 19.8 Å². The average molecular weight is 251 g/mol. The van der Waals surface area contributed by atoms with Crippen molar-refractivity contribution in [2.24, 2.45) is 11.7 Å². The number of nitrogens with two attached hydrogens (primary N) is 1. The number of Topliss-reactive ketones (excluding diaryl/α,β-unsaturated/α-hetero) is 1. The zero-order valence-electron chi connectivity index (χ0n) is 10.1. The minimum absolute atomic E-state index is 0.0447. The lowest BCUT2D eigenvalue weighted by molar-refractivity contribution is -0.124. The Bertz CT molecular complexity index is 313. The second kappa shape index (κ2) is 6.98. The van der Waals surface area contributed by atoms with Crippen molar-refractivity contribution in [2.75, 3.05) is 25.7 Å². The van der Waals surface area contributed by atoms with Crippen LogP contribution in [0, 0.1) is 5.92 Å². The summed E-state index contributed by atoms with van der Waals surface area (Å²) in [5, 5.41) is 0. The molecule has 0 aromatic heterocycles. The van der Waals surface area contributed by atoms with Crippen LogP contribution in [-0.4, -0.2) is 46.0 Å². The Morgan fingerprint density at radius 1 is 1.38 bits per heavy atom. The van der Waals surface area contributed by atoms with Crippen LogP contribution >= 0.6 is 0 Å². The molecule has 2 unspecified atom stereocenters. The zero-order chi connectivity index (χ0) is 12.8. The number of rotatable bonds is 8. The molecular weight excluding hydrogens is 230 g/mol. The monoisotopic (exact) mass is 251 g/mol. The summed E-state index contributed by atoms with van der Waals surface area (Å²) in [5.41, 5.74) is 5.64. The maximum atomic E-state index is 11.7. The Kier molecular flexibility index (Phi) is 6.78. The van der Waals surface area contributed by atoms with Gasteiger partial charge >= 0.3 is 0 Å². The highest BCUT2D eigenvalue weighted by molar-refractivity contribution is 7.90. The van der Waals surface area contributed by atoms with Crippen molar-refractivity contribution in [3.05, 3.63) is 0 Å². The standard InChI is InChI=1S/C10H21NO4S/c1-8(4-6-15-2)10(12)9(11)5-7-16(3,13)14/h8-9H,4-7,11H2,1-3H3. The third-order valence-corrected chi connectivity index (χ3v) is 3.38. The lowest BCUT2D eigenvalue weighted by Crippen LogP contribution is -2.36. The summed E-state index contributed by atoms with van der Waals surface area (Å²) in [6.45, 7) is 2.29. The van der Waals surface area contributed by atoms with Crippen LogP contribution in [0.15, 0.2) is 0 Å². The van der Waals surface area contributed by atoms with Crippen LogP contribution in [0.25, 0.3) is 0 Å². The zero-order valence-corrected chi connectivity index (χ0v) is 10.9. The fourth-order valence-electron chi connectivity index (χ4n) is 1.29. The van der Waals surface area contributed by atoms with E-state index in [4.69, 9.17) is 10.5 Å². The van der Waals surface area contributed by atoms with Gasteiger partial charge in [0.15, 0.2) is 5.78 Å². The first-order chi connectivity index (χ1) is 7.28. The number of carbonyl (C=O) groups excluding carboxylic acids is 1.